The molecule has 4 rings (SSSR count). The van der Waals surface area contributed by atoms with Crippen molar-refractivity contribution in [2.24, 2.45) is 9.98 Å². The quantitative estimate of drug-likeness (QED) is 0.733. The summed E-state index contributed by atoms with van der Waals surface area (Å²) in [6, 6.07) is 14.6. The molecule has 1 aromatic heterocycles. The number of rotatable bonds is 4. The van der Waals surface area contributed by atoms with Gasteiger partial charge in [0, 0.05) is 5.56 Å². The van der Waals surface area contributed by atoms with Gasteiger partial charge < -0.3 is 0 Å². The summed E-state index contributed by atoms with van der Waals surface area (Å²) in [5.74, 6) is 0.919. The van der Waals surface area contributed by atoms with E-state index in [1.54, 1.807) is 16.8 Å². The van der Waals surface area contributed by atoms with Crippen LogP contribution >= 0.6 is 0 Å². The smallest absolute Gasteiger partial charge is 0.254 e. The maximum absolute atomic E-state index is 13.1. The molecule has 0 unspecified atom stereocenters. The van der Waals surface area contributed by atoms with Crippen molar-refractivity contribution < 1.29 is 4.39 Å². The van der Waals surface area contributed by atoms with Gasteiger partial charge in [-0.2, -0.15) is 14.8 Å². The Bertz CT molecular complexity index is 952. The molecule has 0 atom stereocenters. The van der Waals surface area contributed by atoms with E-state index in [2.05, 4.69) is 39.1 Å². The van der Waals surface area contributed by atoms with Crippen LogP contribution in [0.15, 0.2) is 64.8 Å². The molecule has 25 heavy (non-hydrogen) atoms. The summed E-state index contributed by atoms with van der Waals surface area (Å²) in [5, 5.41) is 4.21. The van der Waals surface area contributed by atoms with Gasteiger partial charge >= 0.3 is 0 Å². The fourth-order valence-corrected chi connectivity index (χ4v) is 2.70. The van der Waals surface area contributed by atoms with Gasteiger partial charge in [0.25, 0.3) is 5.95 Å². The minimum absolute atomic E-state index is 0.255. The van der Waals surface area contributed by atoms with E-state index in [-0.39, 0.29) is 5.82 Å². The van der Waals surface area contributed by atoms with E-state index in [1.165, 1.54) is 24.0 Å². The van der Waals surface area contributed by atoms with Crippen molar-refractivity contribution in [2.45, 2.75) is 19.9 Å². The average molecular weight is 333 g/mol. The number of aliphatic imine (C=N–C) groups is 2. The number of nitrogens with zero attached hydrogens (tertiary/aromatic N) is 5. The van der Waals surface area contributed by atoms with E-state index >= 15 is 0 Å². The lowest BCUT2D eigenvalue weighted by Crippen LogP contribution is -2.20. The van der Waals surface area contributed by atoms with Crippen LogP contribution in [0, 0.1) is 5.82 Å². The summed E-state index contributed by atoms with van der Waals surface area (Å²) in [4.78, 5) is 13.4. The zero-order valence-corrected chi connectivity index (χ0v) is 13.7. The van der Waals surface area contributed by atoms with Crippen molar-refractivity contribution in [2.75, 3.05) is 0 Å². The van der Waals surface area contributed by atoms with Crippen LogP contribution in [0.5, 0.6) is 0 Å². The standard InChI is InChI=1S/C19H16FN5/c1-2-13-3-7-15(8-4-13)17-18(25-19(24-17)22-12-23-25)21-11-14-5-9-16(20)10-6-14/h3-10,12H,2,11H2,1H3. The van der Waals surface area contributed by atoms with Crippen LogP contribution in [0.25, 0.3) is 0 Å². The van der Waals surface area contributed by atoms with Crippen LogP contribution in [0.3, 0.4) is 0 Å². The van der Waals surface area contributed by atoms with Crippen molar-refractivity contribution in [1.29, 1.82) is 0 Å². The van der Waals surface area contributed by atoms with Gasteiger partial charge in [0.2, 0.25) is 0 Å². The van der Waals surface area contributed by atoms with Crippen molar-refractivity contribution in [1.82, 2.24) is 14.8 Å². The Kier molecular flexibility index (Phi) is 3.93. The molecule has 0 fully saturated rings. The number of aromatic nitrogens is 3. The topological polar surface area (TPSA) is 55.4 Å². The highest BCUT2D eigenvalue weighted by Crippen LogP contribution is 2.21. The molecule has 2 heterocycles. The number of benzene rings is 2. The molecule has 0 amide bonds. The Morgan fingerprint density at radius 2 is 1.72 bits per heavy atom. The maximum Gasteiger partial charge on any atom is 0.254 e. The van der Waals surface area contributed by atoms with Gasteiger partial charge in [0.05, 0.1) is 6.54 Å². The molecule has 0 N–H and O–H groups in total. The van der Waals surface area contributed by atoms with Gasteiger partial charge in [-0.1, -0.05) is 43.3 Å². The molecule has 3 aromatic rings. The first-order valence-corrected chi connectivity index (χ1v) is 8.12. The van der Waals surface area contributed by atoms with E-state index in [0.29, 0.717) is 18.3 Å². The van der Waals surface area contributed by atoms with E-state index in [4.69, 9.17) is 0 Å². The summed E-state index contributed by atoms with van der Waals surface area (Å²) in [7, 11) is 0. The molecule has 0 saturated heterocycles. The summed E-state index contributed by atoms with van der Waals surface area (Å²) < 4.78 is 14.7. The summed E-state index contributed by atoms with van der Waals surface area (Å²) in [6.45, 7) is 2.54. The molecule has 0 saturated carbocycles. The van der Waals surface area contributed by atoms with Crippen molar-refractivity contribution >= 4 is 17.5 Å². The second-order valence-electron chi connectivity index (χ2n) is 5.75. The first-order valence-electron chi connectivity index (χ1n) is 8.12. The van der Waals surface area contributed by atoms with Gasteiger partial charge in [0.15, 0.2) is 5.84 Å². The highest BCUT2D eigenvalue weighted by atomic mass is 19.1. The lowest BCUT2D eigenvalue weighted by Gasteiger charge is -2.06. The highest BCUT2D eigenvalue weighted by molar-refractivity contribution is 6.50. The SMILES string of the molecule is CCc1ccc(C2=Nc3ncnn3C2=NCc2ccc(F)cc2)cc1. The fourth-order valence-electron chi connectivity index (χ4n) is 2.70. The number of fused-ring (bicyclic) bond motifs is 1. The molecule has 0 aliphatic carbocycles. The minimum atomic E-state index is -0.255. The Hall–Kier alpha value is -3.15. The highest BCUT2D eigenvalue weighted by Gasteiger charge is 2.25. The summed E-state index contributed by atoms with van der Waals surface area (Å²) in [5.41, 5.74) is 3.91. The zero-order valence-electron chi connectivity index (χ0n) is 13.7. The van der Waals surface area contributed by atoms with Crippen LogP contribution in [-0.2, 0) is 13.0 Å². The number of hydrogen-bond donors (Lipinski definition) is 0. The molecule has 5 nitrogen and oxygen atoms in total. The van der Waals surface area contributed by atoms with Gasteiger partial charge in [0.1, 0.15) is 17.9 Å². The molecule has 6 heteroatoms. The third-order valence-corrected chi connectivity index (χ3v) is 4.11. The van der Waals surface area contributed by atoms with Gasteiger partial charge in [-0.05, 0) is 29.7 Å². The molecule has 1 aliphatic rings. The van der Waals surface area contributed by atoms with Crippen LogP contribution < -0.4 is 0 Å². The lowest BCUT2D eigenvalue weighted by atomic mass is 10.1. The molecular weight excluding hydrogens is 317 g/mol. The normalized spacial score (nSPS) is 14.6. The number of halogens is 1. The Morgan fingerprint density at radius 3 is 2.44 bits per heavy atom. The zero-order chi connectivity index (χ0) is 17.2. The van der Waals surface area contributed by atoms with Gasteiger partial charge in [-0.25, -0.2) is 9.38 Å². The molecule has 0 spiro atoms. The molecular formula is C19H16FN5. The Morgan fingerprint density at radius 1 is 1.00 bits per heavy atom. The van der Waals surface area contributed by atoms with Crippen LogP contribution in [-0.4, -0.2) is 26.3 Å². The lowest BCUT2D eigenvalue weighted by molar-refractivity contribution is 0.627. The first kappa shape index (κ1) is 15.4. The third-order valence-electron chi connectivity index (χ3n) is 4.11. The Labute approximate surface area is 144 Å². The maximum atomic E-state index is 13.1. The van der Waals surface area contributed by atoms with Crippen molar-refractivity contribution in [3.8, 4) is 0 Å². The monoisotopic (exact) mass is 333 g/mol. The van der Waals surface area contributed by atoms with E-state index < -0.39 is 0 Å². The molecule has 1 aliphatic heterocycles. The minimum Gasteiger partial charge on any atom is -0.260 e. The van der Waals surface area contributed by atoms with Crippen molar-refractivity contribution in [3.63, 3.8) is 0 Å². The third kappa shape index (κ3) is 2.98. The molecule has 0 radical (unpaired) electrons. The summed E-state index contributed by atoms with van der Waals surface area (Å²) in [6.07, 6.45) is 2.45. The first-order chi connectivity index (χ1) is 12.2. The van der Waals surface area contributed by atoms with E-state index in [9.17, 15) is 4.39 Å². The Balaban J connectivity index is 1.68. The number of aryl methyl sites for hydroxylation is 1. The van der Waals surface area contributed by atoms with Gasteiger partial charge in [-0.15, -0.1) is 0 Å². The molecule has 0 bridgehead atoms. The van der Waals surface area contributed by atoms with E-state index in [1.807, 2.05) is 12.1 Å². The predicted octanol–water partition coefficient (Wildman–Crippen LogP) is 3.56. The van der Waals surface area contributed by atoms with Gasteiger partial charge in [-0.3, -0.25) is 4.99 Å². The second kappa shape index (κ2) is 6.39. The molecule has 2 aromatic carbocycles. The predicted molar refractivity (Wildman–Crippen MR) is 95.0 cm³/mol. The van der Waals surface area contributed by atoms with Crippen LogP contribution in [0.4, 0.5) is 10.3 Å². The van der Waals surface area contributed by atoms with Crippen LogP contribution in [0.2, 0.25) is 0 Å². The van der Waals surface area contributed by atoms with Crippen LogP contribution in [0.1, 0.15) is 23.6 Å². The van der Waals surface area contributed by atoms with E-state index in [0.717, 1.165) is 23.3 Å². The second-order valence-corrected chi connectivity index (χ2v) is 5.75. The summed E-state index contributed by atoms with van der Waals surface area (Å²) >= 11 is 0. The van der Waals surface area contributed by atoms with Crippen molar-refractivity contribution in [3.05, 3.63) is 77.4 Å². The molecule has 124 valence electrons. The fraction of sp³-hybridized carbons (Fsp3) is 0.158. The number of hydrogen-bond acceptors (Lipinski definition) is 4. The average Bonchev–Trinajstić information content (AvgIpc) is 3.23. The largest absolute Gasteiger partial charge is 0.260 e.